The summed E-state index contributed by atoms with van der Waals surface area (Å²) in [5.74, 6) is 0. The highest BCUT2D eigenvalue weighted by molar-refractivity contribution is 9.10. The summed E-state index contributed by atoms with van der Waals surface area (Å²) in [4.78, 5) is 2.15. The number of nitrogens with two attached hydrogens (primary N) is 1. The summed E-state index contributed by atoms with van der Waals surface area (Å²) in [7, 11) is 2.02. The van der Waals surface area contributed by atoms with E-state index in [-0.39, 0.29) is 6.04 Å². The summed E-state index contributed by atoms with van der Waals surface area (Å²) in [6.45, 7) is 2.86. The molecule has 0 saturated heterocycles. The zero-order valence-corrected chi connectivity index (χ0v) is 11.2. The topological polar surface area (TPSA) is 53.0 Å². The molecule has 1 aromatic rings. The third kappa shape index (κ3) is 3.51. The van der Waals surface area contributed by atoms with E-state index in [0.717, 1.165) is 16.7 Å². The van der Waals surface area contributed by atoms with E-state index >= 15 is 0 Å². The molecule has 0 fully saturated rings. The molecule has 2 N–H and O–H groups in total. The van der Waals surface area contributed by atoms with Gasteiger partial charge in [-0.15, -0.1) is 0 Å². The minimum atomic E-state index is 0.259. The second-order valence-electron chi connectivity index (χ2n) is 3.98. The molecule has 1 aromatic carbocycles. The van der Waals surface area contributed by atoms with Gasteiger partial charge in [-0.05, 0) is 31.7 Å². The molecule has 0 aliphatic rings. The van der Waals surface area contributed by atoms with Crippen molar-refractivity contribution in [2.45, 2.75) is 25.9 Å². The molecule has 16 heavy (non-hydrogen) atoms. The van der Waals surface area contributed by atoms with Gasteiger partial charge in [-0.1, -0.05) is 22.0 Å². The van der Waals surface area contributed by atoms with E-state index in [2.05, 4.69) is 33.8 Å². The lowest BCUT2D eigenvalue weighted by molar-refractivity contribution is 0.252. The van der Waals surface area contributed by atoms with Crippen LogP contribution in [0.3, 0.4) is 0 Å². The van der Waals surface area contributed by atoms with Gasteiger partial charge < -0.3 is 5.73 Å². The first kappa shape index (κ1) is 13.0. The van der Waals surface area contributed by atoms with Gasteiger partial charge in [-0.25, -0.2) is 0 Å². The van der Waals surface area contributed by atoms with Crippen molar-refractivity contribution in [3.63, 3.8) is 0 Å². The zero-order chi connectivity index (χ0) is 12.1. The molecule has 0 amide bonds. The molecule has 1 atom stereocenters. The van der Waals surface area contributed by atoms with Gasteiger partial charge in [0.15, 0.2) is 0 Å². The van der Waals surface area contributed by atoms with Crippen molar-refractivity contribution in [1.82, 2.24) is 4.90 Å². The number of hydrogen-bond donors (Lipinski definition) is 1. The fourth-order valence-electron chi connectivity index (χ4n) is 1.40. The van der Waals surface area contributed by atoms with Crippen LogP contribution in [-0.4, -0.2) is 18.0 Å². The Hall–Kier alpha value is -1.05. The number of rotatable bonds is 4. The number of nitrogen functional groups attached to an aromatic ring is 1. The predicted molar refractivity (Wildman–Crippen MR) is 69.7 cm³/mol. The smallest absolute Gasteiger partial charge is 0.0638 e. The molecular formula is C12H16BrN3. The van der Waals surface area contributed by atoms with Crippen molar-refractivity contribution in [1.29, 1.82) is 5.26 Å². The molecule has 0 bridgehead atoms. The van der Waals surface area contributed by atoms with Crippen LogP contribution < -0.4 is 5.73 Å². The van der Waals surface area contributed by atoms with Crippen molar-refractivity contribution >= 4 is 21.6 Å². The van der Waals surface area contributed by atoms with Gasteiger partial charge in [0, 0.05) is 22.7 Å². The fraction of sp³-hybridized carbons (Fsp3) is 0.417. The van der Waals surface area contributed by atoms with Crippen LogP contribution in [0.5, 0.6) is 0 Å². The third-order valence-corrected chi connectivity index (χ3v) is 3.37. The molecule has 0 spiro atoms. The molecule has 3 nitrogen and oxygen atoms in total. The summed E-state index contributed by atoms with van der Waals surface area (Å²) >= 11 is 3.49. The van der Waals surface area contributed by atoms with Gasteiger partial charge in [-0.2, -0.15) is 5.26 Å². The van der Waals surface area contributed by atoms with Crippen LogP contribution >= 0.6 is 15.9 Å². The van der Waals surface area contributed by atoms with E-state index in [4.69, 9.17) is 11.0 Å². The van der Waals surface area contributed by atoms with Crippen molar-refractivity contribution in [2.24, 2.45) is 0 Å². The molecule has 1 rings (SSSR count). The Labute approximate surface area is 105 Å². The number of anilines is 1. The summed E-state index contributed by atoms with van der Waals surface area (Å²) in [5, 5.41) is 8.64. The lowest BCUT2D eigenvalue weighted by Gasteiger charge is -2.23. The van der Waals surface area contributed by atoms with Crippen molar-refractivity contribution in [3.8, 4) is 6.07 Å². The van der Waals surface area contributed by atoms with Crippen LogP contribution in [-0.2, 0) is 6.54 Å². The largest absolute Gasteiger partial charge is 0.399 e. The Kier molecular flexibility index (Phi) is 4.78. The molecule has 0 saturated carbocycles. The molecule has 0 aliphatic carbocycles. The quantitative estimate of drug-likeness (QED) is 0.864. The van der Waals surface area contributed by atoms with Gasteiger partial charge in [0.2, 0.25) is 0 Å². The maximum absolute atomic E-state index is 8.64. The Morgan fingerprint density at radius 1 is 1.56 bits per heavy atom. The van der Waals surface area contributed by atoms with E-state index < -0.39 is 0 Å². The Morgan fingerprint density at radius 2 is 2.25 bits per heavy atom. The molecule has 0 heterocycles. The summed E-state index contributed by atoms with van der Waals surface area (Å²) in [6.07, 6.45) is 0.545. The van der Waals surface area contributed by atoms with Crippen molar-refractivity contribution in [3.05, 3.63) is 28.2 Å². The lowest BCUT2D eigenvalue weighted by Crippen LogP contribution is -2.28. The maximum atomic E-state index is 8.64. The Bertz CT molecular complexity index is 398. The third-order valence-electron chi connectivity index (χ3n) is 2.64. The highest BCUT2D eigenvalue weighted by Crippen LogP contribution is 2.21. The fourth-order valence-corrected chi connectivity index (χ4v) is 1.93. The first-order chi connectivity index (χ1) is 7.54. The summed E-state index contributed by atoms with van der Waals surface area (Å²) in [6, 6.07) is 8.24. The summed E-state index contributed by atoms with van der Waals surface area (Å²) in [5.41, 5.74) is 7.61. The molecule has 1 unspecified atom stereocenters. The first-order valence-corrected chi connectivity index (χ1v) is 5.95. The van der Waals surface area contributed by atoms with E-state index in [1.165, 1.54) is 5.56 Å². The molecular weight excluding hydrogens is 266 g/mol. The highest BCUT2D eigenvalue weighted by Gasteiger charge is 2.10. The molecule has 0 aromatic heterocycles. The van der Waals surface area contributed by atoms with Crippen LogP contribution in [0.4, 0.5) is 5.69 Å². The Balaban J connectivity index is 2.70. The SMILES string of the molecule is CC(CC#N)N(C)Cc1ccc(N)cc1Br. The number of halogens is 1. The van der Waals surface area contributed by atoms with E-state index in [0.29, 0.717) is 6.42 Å². The van der Waals surface area contributed by atoms with E-state index in [1.807, 2.05) is 25.2 Å². The van der Waals surface area contributed by atoms with Gasteiger partial charge in [0.25, 0.3) is 0 Å². The van der Waals surface area contributed by atoms with Crippen LogP contribution in [0, 0.1) is 11.3 Å². The second-order valence-corrected chi connectivity index (χ2v) is 4.83. The van der Waals surface area contributed by atoms with E-state index in [9.17, 15) is 0 Å². The predicted octanol–water partition coefficient (Wildman–Crippen LogP) is 2.77. The molecule has 4 heteroatoms. The van der Waals surface area contributed by atoms with Crippen LogP contribution in [0.1, 0.15) is 18.9 Å². The number of benzene rings is 1. The zero-order valence-electron chi connectivity index (χ0n) is 9.57. The monoisotopic (exact) mass is 281 g/mol. The molecule has 0 radical (unpaired) electrons. The standard InChI is InChI=1S/C12H16BrN3/c1-9(5-6-14)16(2)8-10-3-4-11(15)7-12(10)13/h3-4,7,9H,5,8,15H2,1-2H3. The van der Waals surface area contributed by atoms with Gasteiger partial charge >= 0.3 is 0 Å². The van der Waals surface area contributed by atoms with Crippen molar-refractivity contribution in [2.75, 3.05) is 12.8 Å². The minimum Gasteiger partial charge on any atom is -0.399 e. The summed E-state index contributed by atoms with van der Waals surface area (Å²) < 4.78 is 1.02. The number of hydrogen-bond acceptors (Lipinski definition) is 3. The van der Waals surface area contributed by atoms with Crippen LogP contribution in [0.2, 0.25) is 0 Å². The van der Waals surface area contributed by atoms with Crippen molar-refractivity contribution < 1.29 is 0 Å². The molecule has 0 aliphatic heterocycles. The van der Waals surface area contributed by atoms with E-state index in [1.54, 1.807) is 0 Å². The Morgan fingerprint density at radius 3 is 2.81 bits per heavy atom. The van der Waals surface area contributed by atoms with Gasteiger partial charge in [0.05, 0.1) is 12.5 Å². The van der Waals surface area contributed by atoms with Gasteiger partial charge in [0.1, 0.15) is 0 Å². The second kappa shape index (κ2) is 5.88. The number of nitrogens with zero attached hydrogens (tertiary/aromatic N) is 2. The first-order valence-electron chi connectivity index (χ1n) is 5.15. The molecule has 86 valence electrons. The lowest BCUT2D eigenvalue weighted by atomic mass is 10.1. The average molecular weight is 282 g/mol. The highest BCUT2D eigenvalue weighted by atomic mass is 79.9. The average Bonchev–Trinajstić information content (AvgIpc) is 2.22. The number of nitriles is 1. The van der Waals surface area contributed by atoms with Crippen LogP contribution in [0.25, 0.3) is 0 Å². The van der Waals surface area contributed by atoms with Crippen LogP contribution in [0.15, 0.2) is 22.7 Å². The maximum Gasteiger partial charge on any atom is 0.0638 e. The normalized spacial score (nSPS) is 12.4. The minimum absolute atomic E-state index is 0.259. The van der Waals surface area contributed by atoms with Gasteiger partial charge in [-0.3, -0.25) is 4.90 Å².